The van der Waals surface area contributed by atoms with Crippen LogP contribution in [0.5, 0.6) is 5.75 Å². The van der Waals surface area contributed by atoms with Crippen molar-refractivity contribution in [3.05, 3.63) is 158 Å². The van der Waals surface area contributed by atoms with E-state index < -0.39 is 17.7 Å². The van der Waals surface area contributed by atoms with E-state index in [1.54, 1.807) is 30.3 Å². The molecule has 0 saturated carbocycles. The highest BCUT2D eigenvalue weighted by molar-refractivity contribution is 6.30. The average molecular weight is 949 g/mol. The van der Waals surface area contributed by atoms with Crippen LogP contribution in [0, 0.1) is 19.7 Å². The number of aromatic nitrogens is 2. The maximum Gasteiger partial charge on any atom is 0.336 e. The van der Waals surface area contributed by atoms with E-state index in [0.29, 0.717) is 66.4 Å². The average Bonchev–Trinajstić information content (AvgIpc) is 3.69. The number of imidazole rings is 1. The van der Waals surface area contributed by atoms with Crippen LogP contribution in [0.1, 0.15) is 68.7 Å². The number of aromatic hydroxyl groups is 1. The highest BCUT2D eigenvalue weighted by Crippen LogP contribution is 2.42. The molecule has 3 aliphatic rings. The molecule has 352 valence electrons. The molecule has 5 N–H and O–H groups in total. The van der Waals surface area contributed by atoms with Crippen LogP contribution in [-0.4, -0.2) is 70.3 Å². The molecule has 69 heavy (non-hydrogen) atoms. The van der Waals surface area contributed by atoms with Crippen LogP contribution in [0.2, 0.25) is 5.02 Å². The number of carbonyl (C=O) groups excluding carboxylic acids is 2. The maximum absolute atomic E-state index is 14.1. The zero-order chi connectivity index (χ0) is 48.3. The lowest BCUT2D eigenvalue weighted by atomic mass is 9.91. The van der Waals surface area contributed by atoms with Gasteiger partial charge in [-0.2, -0.15) is 0 Å². The summed E-state index contributed by atoms with van der Waals surface area (Å²) in [6.45, 7) is 8.64. The van der Waals surface area contributed by atoms with Gasteiger partial charge in [0.25, 0.3) is 5.91 Å². The Labute approximate surface area is 401 Å². The zero-order valence-corrected chi connectivity index (χ0v) is 38.9. The number of halogens is 2. The fraction of sp³-hybridized carbons (Fsp3) is 0.241. The number of hydrogen-bond acceptors (Lipinski definition) is 9. The third-order valence-electron chi connectivity index (χ3n) is 12.8. The van der Waals surface area contributed by atoms with Gasteiger partial charge in [-0.15, -0.1) is 0 Å². The summed E-state index contributed by atoms with van der Waals surface area (Å²) < 4.78 is 22.2. The van der Waals surface area contributed by atoms with Crippen molar-refractivity contribution in [2.75, 3.05) is 37.6 Å². The van der Waals surface area contributed by atoms with Gasteiger partial charge in [0.05, 0.1) is 33.7 Å². The van der Waals surface area contributed by atoms with E-state index in [9.17, 15) is 33.8 Å². The molecular weight excluding hydrogens is 899 g/mol. The van der Waals surface area contributed by atoms with E-state index in [0.717, 1.165) is 76.5 Å². The highest BCUT2D eigenvalue weighted by atomic mass is 35.5. The predicted molar refractivity (Wildman–Crippen MR) is 266 cm³/mol. The molecule has 1 aliphatic carbocycles. The number of phenolic OH excluding ortho intramolecular Hbond substituents is 1. The molecule has 9 rings (SSSR count). The number of nitrogens with zero attached hydrogens (tertiary/aromatic N) is 3. The first kappa shape index (κ1) is 46.6. The summed E-state index contributed by atoms with van der Waals surface area (Å²) >= 11 is 6.20. The number of carboxylic acids is 1. The van der Waals surface area contributed by atoms with E-state index in [2.05, 4.69) is 57.5 Å². The minimum Gasteiger partial charge on any atom is -0.508 e. The molecule has 13 nitrogen and oxygen atoms in total. The van der Waals surface area contributed by atoms with Gasteiger partial charge < -0.3 is 40.0 Å². The summed E-state index contributed by atoms with van der Waals surface area (Å²) in [4.78, 5) is 58.4. The van der Waals surface area contributed by atoms with E-state index in [4.69, 9.17) is 21.0 Å². The number of phenols is 1. The van der Waals surface area contributed by atoms with Crippen LogP contribution in [-0.2, 0) is 17.9 Å². The van der Waals surface area contributed by atoms with Gasteiger partial charge in [0, 0.05) is 79.9 Å². The number of carbonyl (C=O) groups is 3. The Morgan fingerprint density at radius 3 is 2.36 bits per heavy atom. The maximum atomic E-state index is 14.1. The molecule has 2 aliphatic heterocycles. The molecule has 0 bridgehead atoms. The summed E-state index contributed by atoms with van der Waals surface area (Å²) in [5, 5.41) is 30.2. The van der Waals surface area contributed by atoms with Crippen molar-refractivity contribution < 1.29 is 33.4 Å². The SMILES string of the molecule is Cc1cc2c(nc(N3CCNCC3)n2Cc2ccc(F)c(Cl)c2)c(-c2ccc(CNC(=O)CCCCCNC(=O)c3ccc(-c4c5ccc(=O)cc-5oc5cc(O)ccc45)cc3C(=O)O)cc2)c1C. The summed E-state index contributed by atoms with van der Waals surface area (Å²) in [6.07, 6.45) is 2.17. The minimum atomic E-state index is -1.28. The molecule has 0 radical (unpaired) electrons. The topological polar surface area (TPSA) is 179 Å². The van der Waals surface area contributed by atoms with Gasteiger partial charge in [0.2, 0.25) is 11.9 Å². The second-order valence-electron chi connectivity index (χ2n) is 17.5. The normalized spacial score (nSPS) is 12.8. The summed E-state index contributed by atoms with van der Waals surface area (Å²) in [7, 11) is 0. The number of carboxylic acid groups (broad SMARTS) is 1. The van der Waals surface area contributed by atoms with Crippen molar-refractivity contribution in [3.63, 3.8) is 0 Å². The monoisotopic (exact) mass is 948 g/mol. The largest absolute Gasteiger partial charge is 0.508 e. The number of piperazine rings is 1. The van der Waals surface area contributed by atoms with Crippen molar-refractivity contribution in [2.24, 2.45) is 0 Å². The van der Waals surface area contributed by atoms with Crippen molar-refractivity contribution in [1.82, 2.24) is 25.5 Å². The molecule has 2 amide bonds. The number of aryl methyl sites for hydroxylation is 1. The molecule has 0 spiro atoms. The summed E-state index contributed by atoms with van der Waals surface area (Å²) in [5.41, 5.74) is 9.46. The lowest BCUT2D eigenvalue weighted by Crippen LogP contribution is -2.44. The Hall–Kier alpha value is -7.55. The molecule has 3 heterocycles. The third kappa shape index (κ3) is 9.90. The van der Waals surface area contributed by atoms with Crippen LogP contribution in [0.15, 0.2) is 112 Å². The molecule has 1 saturated heterocycles. The number of fused-ring (bicyclic) bond motifs is 3. The second-order valence-corrected chi connectivity index (χ2v) is 17.9. The Morgan fingerprint density at radius 1 is 0.826 bits per heavy atom. The molecule has 5 aromatic carbocycles. The Bertz CT molecular complexity index is 3310. The minimum absolute atomic E-state index is 0.00461. The first-order valence-electron chi connectivity index (χ1n) is 22.9. The van der Waals surface area contributed by atoms with E-state index in [1.807, 2.05) is 12.1 Å². The van der Waals surface area contributed by atoms with Crippen LogP contribution in [0.25, 0.3) is 55.6 Å². The van der Waals surface area contributed by atoms with Gasteiger partial charge in [-0.3, -0.25) is 14.4 Å². The van der Waals surface area contributed by atoms with Crippen LogP contribution < -0.4 is 26.3 Å². The first-order valence-corrected chi connectivity index (χ1v) is 23.3. The van der Waals surface area contributed by atoms with Crippen molar-refractivity contribution in [3.8, 4) is 39.3 Å². The number of benzene rings is 6. The Morgan fingerprint density at radius 2 is 1.59 bits per heavy atom. The van der Waals surface area contributed by atoms with E-state index in [1.165, 1.54) is 42.5 Å². The highest BCUT2D eigenvalue weighted by Gasteiger charge is 2.25. The van der Waals surface area contributed by atoms with Gasteiger partial charge in [-0.05, 0) is 115 Å². The second kappa shape index (κ2) is 20.0. The number of nitrogens with one attached hydrogen (secondary N) is 3. The number of aromatic carboxylic acids is 1. The van der Waals surface area contributed by atoms with Crippen LogP contribution >= 0.6 is 11.6 Å². The van der Waals surface area contributed by atoms with Crippen molar-refractivity contribution in [1.29, 1.82) is 0 Å². The molecule has 1 fully saturated rings. The smallest absolute Gasteiger partial charge is 0.336 e. The molecule has 0 unspecified atom stereocenters. The predicted octanol–water partition coefficient (Wildman–Crippen LogP) is 9.46. The van der Waals surface area contributed by atoms with Crippen LogP contribution in [0.4, 0.5) is 10.3 Å². The van der Waals surface area contributed by atoms with Gasteiger partial charge in [0.1, 0.15) is 22.9 Å². The van der Waals surface area contributed by atoms with Gasteiger partial charge >= 0.3 is 5.97 Å². The van der Waals surface area contributed by atoms with Gasteiger partial charge in [-0.25, -0.2) is 14.2 Å². The van der Waals surface area contributed by atoms with Crippen molar-refractivity contribution in [2.45, 2.75) is 52.6 Å². The molecule has 0 atom stereocenters. The quantitative estimate of drug-likeness (QED) is 0.0491. The van der Waals surface area contributed by atoms with Gasteiger partial charge in [0.15, 0.2) is 5.43 Å². The molecule has 6 aromatic rings. The number of unbranched alkanes of at least 4 members (excludes halogenated alkanes) is 2. The molecule has 15 heteroatoms. The Kier molecular flexibility index (Phi) is 13.5. The first-order chi connectivity index (χ1) is 33.3. The standard InChI is InChI=1S/C54H50ClFN6O7/c1-31-24-45-51(60-54(61-22-20-57-21-23-61)62(45)30-34-9-18-44(56)43(55)25-34)49(32(31)2)35-10-7-33(8-11-35)29-59-48(65)6-4-3-5-19-58-52(66)39-15-12-36(26-42(39)53(67)68)50-40-16-13-37(63)27-46(40)69-47-28-38(64)14-17-41(47)50/h7-18,24-28,57,63H,3-6,19-23,29-30H2,1-2H3,(H,58,66)(H,59,65)(H,67,68). The zero-order valence-electron chi connectivity index (χ0n) is 38.1. The molecular formula is C54H50ClFN6O7. The molecule has 1 aromatic heterocycles. The van der Waals surface area contributed by atoms with Gasteiger partial charge in [-0.1, -0.05) is 54.4 Å². The number of hydrogen-bond donors (Lipinski definition) is 5. The number of anilines is 1. The summed E-state index contributed by atoms with van der Waals surface area (Å²) in [6, 6.07) is 28.6. The third-order valence-corrected chi connectivity index (χ3v) is 13.1. The Balaban J connectivity index is 0.800. The number of amides is 2. The van der Waals surface area contributed by atoms with E-state index in [-0.39, 0.29) is 45.5 Å². The fourth-order valence-electron chi connectivity index (χ4n) is 9.12. The van der Waals surface area contributed by atoms with Crippen molar-refractivity contribution >= 4 is 57.3 Å². The van der Waals surface area contributed by atoms with Crippen LogP contribution in [0.3, 0.4) is 0 Å². The van der Waals surface area contributed by atoms with E-state index >= 15 is 0 Å². The summed E-state index contributed by atoms with van der Waals surface area (Å²) in [5.74, 6) is -1.27. The number of rotatable bonds is 15. The fourth-order valence-corrected chi connectivity index (χ4v) is 9.32. The lowest BCUT2D eigenvalue weighted by molar-refractivity contribution is -0.121. The lowest BCUT2D eigenvalue weighted by Gasteiger charge is -2.29.